The second kappa shape index (κ2) is 6.52. The van der Waals surface area contributed by atoms with Gasteiger partial charge in [-0.15, -0.1) is 11.8 Å². The third-order valence-electron chi connectivity index (χ3n) is 2.20. The first-order valence-electron chi connectivity index (χ1n) is 4.97. The van der Waals surface area contributed by atoms with Crippen molar-refractivity contribution in [2.75, 3.05) is 5.73 Å². The Balaban J connectivity index is 0.00000144. The fraction of sp³-hybridized carbons (Fsp3) is 0.0769. The molecule has 0 fully saturated rings. The number of para-hydroxylation sites is 1. The van der Waals surface area contributed by atoms with E-state index in [0.29, 0.717) is 0 Å². The van der Waals surface area contributed by atoms with Crippen LogP contribution in [0.2, 0.25) is 0 Å². The van der Waals surface area contributed by atoms with Crippen LogP contribution >= 0.6 is 11.8 Å². The molecule has 4 heteroatoms. The van der Waals surface area contributed by atoms with Crippen LogP contribution in [0.3, 0.4) is 0 Å². The predicted octanol–water partition coefficient (Wildman–Crippen LogP) is 0.704. The normalized spacial score (nSPS) is 9.71. The van der Waals surface area contributed by atoms with Crippen molar-refractivity contribution in [1.29, 1.82) is 0 Å². The van der Waals surface area contributed by atoms with E-state index in [-0.39, 0.29) is 18.2 Å². The highest BCUT2D eigenvalue weighted by molar-refractivity contribution is 7.98. The molecular formula is C13H12ClFNS-. The summed E-state index contributed by atoms with van der Waals surface area (Å²) in [5, 5.41) is 0. The minimum Gasteiger partial charge on any atom is -1.00 e. The number of hydrogen-bond donors (Lipinski definition) is 1. The van der Waals surface area contributed by atoms with E-state index in [0.717, 1.165) is 21.9 Å². The zero-order valence-electron chi connectivity index (χ0n) is 9.07. The third-order valence-corrected chi connectivity index (χ3v) is 3.36. The van der Waals surface area contributed by atoms with E-state index < -0.39 is 0 Å². The first kappa shape index (κ1) is 13.9. The smallest absolute Gasteiger partial charge is 0.123 e. The average molecular weight is 269 g/mol. The monoisotopic (exact) mass is 268 g/mol. The number of nitrogens with two attached hydrogens (primary N) is 1. The minimum absolute atomic E-state index is 0. The zero-order valence-corrected chi connectivity index (χ0v) is 10.6. The van der Waals surface area contributed by atoms with Crippen LogP contribution in [0.25, 0.3) is 0 Å². The zero-order chi connectivity index (χ0) is 11.4. The van der Waals surface area contributed by atoms with Gasteiger partial charge in [-0.05, 0) is 29.8 Å². The van der Waals surface area contributed by atoms with Gasteiger partial charge in [0.1, 0.15) is 5.82 Å². The summed E-state index contributed by atoms with van der Waals surface area (Å²) in [5.74, 6) is 0.533. The third kappa shape index (κ3) is 3.95. The number of hydrogen-bond acceptors (Lipinski definition) is 2. The maximum absolute atomic E-state index is 12.9. The van der Waals surface area contributed by atoms with E-state index >= 15 is 0 Å². The molecule has 0 heterocycles. The van der Waals surface area contributed by atoms with Gasteiger partial charge in [-0.25, -0.2) is 4.39 Å². The van der Waals surface area contributed by atoms with E-state index in [4.69, 9.17) is 5.73 Å². The van der Waals surface area contributed by atoms with E-state index in [1.165, 1.54) is 6.07 Å². The highest BCUT2D eigenvalue weighted by atomic mass is 35.5. The summed E-state index contributed by atoms with van der Waals surface area (Å²) >= 11 is 1.62. The summed E-state index contributed by atoms with van der Waals surface area (Å²) < 4.78 is 12.9. The molecule has 0 aliphatic carbocycles. The lowest BCUT2D eigenvalue weighted by atomic mass is 10.2. The van der Waals surface area contributed by atoms with E-state index in [9.17, 15) is 4.39 Å². The Labute approximate surface area is 111 Å². The summed E-state index contributed by atoms with van der Waals surface area (Å²) in [5.41, 5.74) is 7.55. The Morgan fingerprint density at radius 2 is 1.82 bits per heavy atom. The van der Waals surface area contributed by atoms with E-state index in [2.05, 4.69) is 0 Å². The van der Waals surface area contributed by atoms with Gasteiger partial charge >= 0.3 is 0 Å². The maximum Gasteiger partial charge on any atom is 0.123 e. The molecule has 0 unspecified atom stereocenters. The quantitative estimate of drug-likeness (QED) is 0.655. The first-order valence-corrected chi connectivity index (χ1v) is 5.96. The molecular weight excluding hydrogens is 257 g/mol. The summed E-state index contributed by atoms with van der Waals surface area (Å²) in [6.45, 7) is 0. The molecule has 1 nitrogen and oxygen atoms in total. The highest BCUT2D eigenvalue weighted by Crippen LogP contribution is 2.27. The van der Waals surface area contributed by atoms with E-state index in [1.807, 2.05) is 30.3 Å². The fourth-order valence-corrected chi connectivity index (χ4v) is 2.31. The van der Waals surface area contributed by atoms with Gasteiger partial charge in [0.15, 0.2) is 0 Å². The second-order valence-electron chi connectivity index (χ2n) is 3.46. The van der Waals surface area contributed by atoms with Crippen molar-refractivity contribution in [2.24, 2.45) is 0 Å². The van der Waals surface area contributed by atoms with Crippen LogP contribution in [0.4, 0.5) is 10.1 Å². The molecule has 0 amide bonds. The molecule has 0 radical (unpaired) electrons. The standard InChI is InChI=1S/C13H12FNS.ClH/c14-11-5-3-4-10(8-11)9-16-13-7-2-1-6-12(13)15;/h1-8H,9,15H2;1H/p-1. The fourth-order valence-electron chi connectivity index (χ4n) is 1.40. The van der Waals surface area contributed by atoms with Crippen LogP contribution in [-0.4, -0.2) is 0 Å². The van der Waals surface area contributed by atoms with Crippen LogP contribution < -0.4 is 18.1 Å². The van der Waals surface area contributed by atoms with Gasteiger partial charge in [-0.2, -0.15) is 0 Å². The van der Waals surface area contributed by atoms with Crippen LogP contribution in [0.1, 0.15) is 5.56 Å². The predicted molar refractivity (Wildman–Crippen MR) is 66.8 cm³/mol. The number of nitrogen functional groups attached to an aromatic ring is 1. The lowest BCUT2D eigenvalue weighted by molar-refractivity contribution is -0.00000386. The van der Waals surface area contributed by atoms with Crippen molar-refractivity contribution in [2.45, 2.75) is 10.6 Å². The van der Waals surface area contributed by atoms with Crippen molar-refractivity contribution in [1.82, 2.24) is 0 Å². The first-order chi connectivity index (χ1) is 7.75. The molecule has 0 aromatic heterocycles. The summed E-state index contributed by atoms with van der Waals surface area (Å²) in [7, 11) is 0. The van der Waals surface area contributed by atoms with Gasteiger partial charge in [0.25, 0.3) is 0 Å². The molecule has 0 aliphatic rings. The Kier molecular flexibility index (Phi) is 5.32. The number of anilines is 1. The van der Waals surface area contributed by atoms with Crippen molar-refractivity contribution in [3.05, 3.63) is 59.9 Å². The summed E-state index contributed by atoms with van der Waals surface area (Å²) in [6.07, 6.45) is 0. The van der Waals surface area contributed by atoms with Gasteiger partial charge in [0.2, 0.25) is 0 Å². The molecule has 2 aromatic rings. The Bertz CT molecular complexity index is 490. The van der Waals surface area contributed by atoms with Crippen LogP contribution in [0.5, 0.6) is 0 Å². The number of thioether (sulfide) groups is 1. The highest BCUT2D eigenvalue weighted by Gasteiger charge is 2.00. The number of benzene rings is 2. The maximum atomic E-state index is 12.9. The summed E-state index contributed by atoms with van der Waals surface area (Å²) in [4.78, 5) is 1.03. The average Bonchev–Trinajstić information content (AvgIpc) is 2.28. The molecule has 0 aliphatic heterocycles. The molecule has 0 spiro atoms. The van der Waals surface area contributed by atoms with Crippen LogP contribution in [-0.2, 0) is 5.75 Å². The Morgan fingerprint density at radius 1 is 1.06 bits per heavy atom. The largest absolute Gasteiger partial charge is 1.00 e. The van der Waals surface area contributed by atoms with Crippen molar-refractivity contribution >= 4 is 17.4 Å². The number of rotatable bonds is 3. The van der Waals surface area contributed by atoms with Gasteiger partial charge in [0.05, 0.1) is 0 Å². The second-order valence-corrected chi connectivity index (χ2v) is 4.47. The minimum atomic E-state index is -0.195. The molecule has 17 heavy (non-hydrogen) atoms. The Hall–Kier alpha value is -1.19. The van der Waals surface area contributed by atoms with Crippen LogP contribution in [0.15, 0.2) is 53.4 Å². The van der Waals surface area contributed by atoms with E-state index in [1.54, 1.807) is 23.9 Å². The van der Waals surface area contributed by atoms with Crippen LogP contribution in [0, 0.1) is 5.82 Å². The number of halogens is 2. The molecule has 0 bridgehead atoms. The topological polar surface area (TPSA) is 26.0 Å². The molecule has 2 aromatic carbocycles. The molecule has 0 atom stereocenters. The van der Waals surface area contributed by atoms with Crippen molar-refractivity contribution in [3.8, 4) is 0 Å². The van der Waals surface area contributed by atoms with Gasteiger partial charge < -0.3 is 18.1 Å². The summed E-state index contributed by atoms with van der Waals surface area (Å²) in [6, 6.07) is 14.3. The van der Waals surface area contributed by atoms with Crippen molar-refractivity contribution in [3.63, 3.8) is 0 Å². The molecule has 2 rings (SSSR count). The van der Waals surface area contributed by atoms with Gasteiger partial charge in [-0.3, -0.25) is 0 Å². The van der Waals surface area contributed by atoms with Gasteiger partial charge in [-0.1, -0.05) is 24.3 Å². The molecule has 0 saturated carbocycles. The Morgan fingerprint density at radius 3 is 2.53 bits per heavy atom. The lowest BCUT2D eigenvalue weighted by Crippen LogP contribution is -3.00. The molecule has 90 valence electrons. The molecule has 2 N–H and O–H groups in total. The SMILES string of the molecule is Nc1ccccc1SCc1cccc(F)c1.[Cl-]. The lowest BCUT2D eigenvalue weighted by Gasteiger charge is -2.04. The van der Waals surface area contributed by atoms with Gasteiger partial charge in [0, 0.05) is 16.3 Å². The van der Waals surface area contributed by atoms with Crippen molar-refractivity contribution < 1.29 is 16.8 Å². The molecule has 0 saturated heterocycles.